The summed E-state index contributed by atoms with van der Waals surface area (Å²) in [7, 11) is 0. The number of amides is 1. The molecule has 1 aliphatic rings. The van der Waals surface area contributed by atoms with Gasteiger partial charge in [-0.3, -0.25) is 5.01 Å². The number of nitrogens with one attached hydrogen (secondary N) is 1. The number of benzene rings is 2. The highest BCUT2D eigenvalue weighted by Gasteiger charge is 2.21. The van der Waals surface area contributed by atoms with E-state index in [1.807, 2.05) is 30.3 Å². The van der Waals surface area contributed by atoms with Crippen LogP contribution < -0.4 is 19.9 Å². The highest BCUT2D eigenvalue weighted by Crippen LogP contribution is 2.30. The predicted octanol–water partition coefficient (Wildman–Crippen LogP) is 3.19. The van der Waals surface area contributed by atoms with Gasteiger partial charge in [-0.2, -0.15) is 0 Å². The van der Waals surface area contributed by atoms with Gasteiger partial charge in [-0.1, -0.05) is 30.3 Å². The van der Waals surface area contributed by atoms with E-state index in [0.29, 0.717) is 30.4 Å². The minimum Gasteiger partial charge on any atom is -0.489 e. The molecule has 0 unspecified atom stereocenters. The Balaban J connectivity index is 1.43. The van der Waals surface area contributed by atoms with Gasteiger partial charge in [-0.15, -0.1) is 0 Å². The molecule has 0 radical (unpaired) electrons. The van der Waals surface area contributed by atoms with Crippen molar-refractivity contribution in [2.75, 3.05) is 18.2 Å². The van der Waals surface area contributed by atoms with Crippen molar-refractivity contribution < 1.29 is 18.7 Å². The summed E-state index contributed by atoms with van der Waals surface area (Å²) in [6, 6.07) is 13.5. The lowest BCUT2D eigenvalue weighted by Crippen LogP contribution is -2.47. The molecule has 8 heteroatoms. The Morgan fingerprint density at radius 2 is 1.93 bits per heavy atom. The second-order valence-corrected chi connectivity index (χ2v) is 5.72. The molecule has 0 atom stereocenters. The molecule has 2 aromatic carbocycles. The van der Waals surface area contributed by atoms with Gasteiger partial charge in [0.2, 0.25) is 0 Å². The fourth-order valence-corrected chi connectivity index (χ4v) is 2.65. The minimum atomic E-state index is -0.733. The average molecular weight is 366 g/mol. The van der Waals surface area contributed by atoms with Gasteiger partial charge in [0.1, 0.15) is 23.9 Å². The number of rotatable bonds is 3. The molecule has 1 N–H and O–H groups in total. The third-order valence-corrected chi connectivity index (χ3v) is 3.88. The van der Waals surface area contributed by atoms with Crippen molar-refractivity contribution in [3.8, 4) is 22.9 Å². The fourth-order valence-electron chi connectivity index (χ4n) is 2.65. The van der Waals surface area contributed by atoms with Crippen LogP contribution in [0.25, 0.3) is 11.4 Å². The maximum atomic E-state index is 13.5. The van der Waals surface area contributed by atoms with Crippen LogP contribution in [-0.4, -0.2) is 29.2 Å². The number of anilines is 1. The van der Waals surface area contributed by atoms with Gasteiger partial charge < -0.3 is 9.47 Å². The van der Waals surface area contributed by atoms with E-state index in [9.17, 15) is 9.18 Å². The Kier molecular flexibility index (Phi) is 4.52. The Labute approximate surface area is 154 Å². The van der Waals surface area contributed by atoms with Crippen molar-refractivity contribution >= 4 is 11.8 Å². The molecule has 27 heavy (non-hydrogen) atoms. The van der Waals surface area contributed by atoms with Crippen LogP contribution in [0.5, 0.6) is 11.5 Å². The zero-order chi connectivity index (χ0) is 18.6. The number of aromatic nitrogens is 2. The van der Waals surface area contributed by atoms with Crippen LogP contribution in [0.2, 0.25) is 0 Å². The van der Waals surface area contributed by atoms with E-state index in [1.54, 1.807) is 0 Å². The lowest BCUT2D eigenvalue weighted by molar-refractivity contribution is 0.196. The number of hydrogen-bond acceptors (Lipinski definition) is 6. The Morgan fingerprint density at radius 1 is 1.15 bits per heavy atom. The SMILES string of the molecule is O=C(NN1CCOc2ccc(F)cc21)Oc1cnc(-c2ccccc2)nc1. The van der Waals surface area contributed by atoms with Crippen LogP contribution in [0.3, 0.4) is 0 Å². The normalized spacial score (nSPS) is 12.7. The van der Waals surface area contributed by atoms with E-state index >= 15 is 0 Å². The monoisotopic (exact) mass is 366 g/mol. The molecule has 1 amide bonds. The van der Waals surface area contributed by atoms with E-state index in [0.717, 1.165) is 5.56 Å². The van der Waals surface area contributed by atoms with E-state index in [2.05, 4.69) is 15.4 Å². The molecule has 2 heterocycles. The van der Waals surface area contributed by atoms with Gasteiger partial charge >= 0.3 is 6.09 Å². The maximum Gasteiger partial charge on any atom is 0.431 e. The second kappa shape index (κ2) is 7.28. The molecule has 0 fully saturated rings. The molecule has 0 saturated heterocycles. The minimum absolute atomic E-state index is 0.194. The van der Waals surface area contributed by atoms with Gasteiger partial charge in [0.15, 0.2) is 11.6 Å². The van der Waals surface area contributed by atoms with Gasteiger partial charge in [0.05, 0.1) is 18.9 Å². The number of nitrogens with zero attached hydrogens (tertiary/aromatic N) is 3. The highest BCUT2D eigenvalue weighted by molar-refractivity contribution is 5.74. The first kappa shape index (κ1) is 16.8. The van der Waals surface area contributed by atoms with E-state index in [1.165, 1.54) is 35.6 Å². The van der Waals surface area contributed by atoms with Crippen molar-refractivity contribution in [3.05, 3.63) is 66.7 Å². The number of ether oxygens (including phenoxy) is 2. The zero-order valence-electron chi connectivity index (χ0n) is 14.1. The first-order chi connectivity index (χ1) is 13.2. The summed E-state index contributed by atoms with van der Waals surface area (Å²) in [6.45, 7) is 0.711. The van der Waals surface area contributed by atoms with Crippen LogP contribution in [0.4, 0.5) is 14.9 Å². The summed E-state index contributed by atoms with van der Waals surface area (Å²) in [5, 5.41) is 1.48. The van der Waals surface area contributed by atoms with E-state index < -0.39 is 11.9 Å². The molecule has 3 aromatic rings. The van der Waals surface area contributed by atoms with E-state index in [4.69, 9.17) is 9.47 Å². The topological polar surface area (TPSA) is 76.6 Å². The zero-order valence-corrected chi connectivity index (χ0v) is 14.1. The average Bonchev–Trinajstić information content (AvgIpc) is 2.70. The van der Waals surface area contributed by atoms with Crippen molar-refractivity contribution in [1.29, 1.82) is 0 Å². The third kappa shape index (κ3) is 3.79. The summed E-state index contributed by atoms with van der Waals surface area (Å²) >= 11 is 0. The Hall–Kier alpha value is -3.68. The molecule has 0 saturated carbocycles. The maximum absolute atomic E-state index is 13.5. The lowest BCUT2D eigenvalue weighted by Gasteiger charge is -2.30. The van der Waals surface area contributed by atoms with Crippen LogP contribution >= 0.6 is 0 Å². The fraction of sp³-hybridized carbons (Fsp3) is 0.105. The number of carbonyl (C=O) groups excluding carboxylic acids is 1. The molecule has 7 nitrogen and oxygen atoms in total. The first-order valence-electron chi connectivity index (χ1n) is 8.25. The Bertz CT molecular complexity index is 951. The predicted molar refractivity (Wildman–Crippen MR) is 95.9 cm³/mol. The molecule has 0 aliphatic carbocycles. The van der Waals surface area contributed by atoms with Crippen molar-refractivity contribution in [2.24, 2.45) is 0 Å². The Morgan fingerprint density at radius 3 is 2.70 bits per heavy atom. The highest BCUT2D eigenvalue weighted by atomic mass is 19.1. The van der Waals surface area contributed by atoms with Crippen molar-refractivity contribution in [3.63, 3.8) is 0 Å². The van der Waals surface area contributed by atoms with Crippen molar-refractivity contribution in [1.82, 2.24) is 15.4 Å². The van der Waals surface area contributed by atoms with Crippen LogP contribution in [0.15, 0.2) is 60.9 Å². The summed E-state index contributed by atoms with van der Waals surface area (Å²) in [5.41, 5.74) is 3.85. The van der Waals surface area contributed by atoms with Gasteiger partial charge in [-0.25, -0.2) is 24.6 Å². The molecule has 1 aliphatic heterocycles. The number of halogens is 1. The van der Waals surface area contributed by atoms with Gasteiger partial charge in [-0.05, 0) is 12.1 Å². The largest absolute Gasteiger partial charge is 0.489 e. The first-order valence-corrected chi connectivity index (χ1v) is 8.25. The van der Waals surface area contributed by atoms with Crippen LogP contribution in [0, 0.1) is 5.82 Å². The molecule has 136 valence electrons. The molecular weight excluding hydrogens is 351 g/mol. The van der Waals surface area contributed by atoms with Crippen LogP contribution in [0.1, 0.15) is 0 Å². The lowest BCUT2D eigenvalue weighted by atomic mass is 10.2. The standard InChI is InChI=1S/C19H15FN4O3/c20-14-6-7-17-16(10-14)24(8-9-26-17)23-19(25)27-15-11-21-18(22-12-15)13-4-2-1-3-5-13/h1-7,10-12H,8-9H2,(H,23,25). The number of fused-ring (bicyclic) bond motifs is 1. The van der Waals surface area contributed by atoms with Crippen LogP contribution in [-0.2, 0) is 0 Å². The van der Waals surface area contributed by atoms with Gasteiger partial charge in [0.25, 0.3) is 0 Å². The quantitative estimate of drug-likeness (QED) is 0.767. The second-order valence-electron chi connectivity index (χ2n) is 5.72. The number of hydrazine groups is 1. The molecule has 1 aromatic heterocycles. The summed E-state index contributed by atoms with van der Waals surface area (Å²) < 4.78 is 24.1. The number of carbonyl (C=O) groups is 1. The summed E-state index contributed by atoms with van der Waals surface area (Å²) in [4.78, 5) is 20.6. The number of hydrogen-bond donors (Lipinski definition) is 1. The molecule has 0 spiro atoms. The van der Waals surface area contributed by atoms with Crippen molar-refractivity contribution in [2.45, 2.75) is 0 Å². The molecule has 0 bridgehead atoms. The molecular formula is C19H15FN4O3. The summed E-state index contributed by atoms with van der Waals surface area (Å²) in [6.07, 6.45) is 2.10. The smallest absolute Gasteiger partial charge is 0.431 e. The molecule has 4 rings (SSSR count). The van der Waals surface area contributed by atoms with Gasteiger partial charge in [0, 0.05) is 11.6 Å². The van der Waals surface area contributed by atoms with E-state index in [-0.39, 0.29) is 5.75 Å². The third-order valence-electron chi connectivity index (χ3n) is 3.88. The summed E-state index contributed by atoms with van der Waals surface area (Å²) in [5.74, 6) is 0.781.